The molecule has 3 rings (SSSR count). The smallest absolute Gasteiger partial charge is 0.311 e. The number of carbonyl (C=O) groups is 1. The lowest BCUT2D eigenvalue weighted by molar-refractivity contribution is -0.385. The van der Waals surface area contributed by atoms with Gasteiger partial charge in [0.2, 0.25) is 0 Å². The third kappa shape index (κ3) is 5.55. The number of hydrogen-bond acceptors (Lipinski definition) is 6. The van der Waals surface area contributed by atoms with Crippen molar-refractivity contribution in [1.82, 2.24) is 10.2 Å². The van der Waals surface area contributed by atoms with Gasteiger partial charge in [0.1, 0.15) is 0 Å². The first-order valence-corrected chi connectivity index (χ1v) is 10.1. The standard InChI is InChI=1S/C22H27N3O5/c1-3-30-21-9-8-18(14-20(21)25(27)28)22(26)23-19(15-24-10-12-29-13-11-24)17-6-4-16(2)5-7-17/h4-9,14,19H,3,10-13,15H2,1-2H3,(H,23,26)/t19-/m1/s1. The predicted octanol–water partition coefficient (Wildman–Crippen LogP) is 3.11. The van der Waals surface area contributed by atoms with Crippen molar-refractivity contribution >= 4 is 11.6 Å². The fourth-order valence-corrected chi connectivity index (χ4v) is 3.40. The van der Waals surface area contributed by atoms with Crippen molar-refractivity contribution in [2.24, 2.45) is 0 Å². The lowest BCUT2D eigenvalue weighted by atomic mass is 10.0. The molecule has 0 spiro atoms. The van der Waals surface area contributed by atoms with E-state index in [0.717, 1.165) is 24.2 Å². The van der Waals surface area contributed by atoms with Gasteiger partial charge in [0.05, 0.1) is 30.8 Å². The Morgan fingerprint density at radius 2 is 1.93 bits per heavy atom. The van der Waals surface area contributed by atoms with Crippen LogP contribution >= 0.6 is 0 Å². The minimum atomic E-state index is -0.535. The summed E-state index contributed by atoms with van der Waals surface area (Å²) in [6.45, 7) is 7.64. The first kappa shape index (κ1) is 21.7. The molecular weight excluding hydrogens is 386 g/mol. The number of morpholine rings is 1. The Labute approximate surface area is 175 Å². The molecule has 1 aliphatic heterocycles. The molecule has 1 heterocycles. The normalized spacial score (nSPS) is 15.4. The summed E-state index contributed by atoms with van der Waals surface area (Å²) in [6, 6.07) is 12.1. The van der Waals surface area contributed by atoms with Gasteiger partial charge in [0.25, 0.3) is 5.91 Å². The van der Waals surface area contributed by atoms with E-state index in [1.807, 2.05) is 31.2 Å². The van der Waals surface area contributed by atoms with E-state index >= 15 is 0 Å². The molecule has 0 saturated carbocycles. The molecule has 160 valence electrons. The largest absolute Gasteiger partial charge is 0.487 e. The number of ether oxygens (including phenoxy) is 2. The SMILES string of the molecule is CCOc1ccc(C(=O)N[C@H](CN2CCOCC2)c2ccc(C)cc2)cc1[N+](=O)[O-]. The second kappa shape index (κ2) is 10.2. The van der Waals surface area contributed by atoms with E-state index in [1.165, 1.54) is 12.1 Å². The summed E-state index contributed by atoms with van der Waals surface area (Å²) in [6.07, 6.45) is 0. The van der Waals surface area contributed by atoms with E-state index in [9.17, 15) is 14.9 Å². The lowest BCUT2D eigenvalue weighted by Crippen LogP contribution is -2.43. The van der Waals surface area contributed by atoms with Gasteiger partial charge in [-0.3, -0.25) is 19.8 Å². The Kier molecular flexibility index (Phi) is 7.37. The van der Waals surface area contributed by atoms with Gasteiger partial charge in [-0.2, -0.15) is 0 Å². The number of nitro benzene ring substituents is 1. The van der Waals surface area contributed by atoms with Crippen LogP contribution in [0.2, 0.25) is 0 Å². The summed E-state index contributed by atoms with van der Waals surface area (Å²) >= 11 is 0. The molecule has 0 unspecified atom stereocenters. The molecule has 30 heavy (non-hydrogen) atoms. The average molecular weight is 413 g/mol. The molecule has 0 bridgehead atoms. The van der Waals surface area contributed by atoms with Crippen molar-refractivity contribution in [1.29, 1.82) is 0 Å². The van der Waals surface area contributed by atoms with Crippen molar-refractivity contribution in [2.45, 2.75) is 19.9 Å². The number of rotatable bonds is 8. The number of amides is 1. The van der Waals surface area contributed by atoms with Crippen LogP contribution in [-0.4, -0.2) is 55.2 Å². The monoisotopic (exact) mass is 413 g/mol. The van der Waals surface area contributed by atoms with Crippen molar-refractivity contribution in [2.75, 3.05) is 39.5 Å². The molecule has 1 fully saturated rings. The highest BCUT2D eigenvalue weighted by Gasteiger charge is 2.23. The minimum Gasteiger partial charge on any atom is -0.487 e. The van der Waals surface area contributed by atoms with Crippen LogP contribution in [0, 0.1) is 17.0 Å². The molecule has 2 aromatic rings. The Morgan fingerprint density at radius 1 is 1.23 bits per heavy atom. The molecule has 8 nitrogen and oxygen atoms in total. The van der Waals surface area contributed by atoms with Crippen molar-refractivity contribution in [3.05, 3.63) is 69.3 Å². The van der Waals surface area contributed by atoms with E-state index < -0.39 is 4.92 Å². The fraction of sp³-hybridized carbons (Fsp3) is 0.409. The van der Waals surface area contributed by atoms with Gasteiger partial charge >= 0.3 is 5.69 Å². The van der Waals surface area contributed by atoms with E-state index in [2.05, 4.69) is 10.2 Å². The maximum Gasteiger partial charge on any atom is 0.311 e. The minimum absolute atomic E-state index is 0.155. The van der Waals surface area contributed by atoms with Crippen molar-refractivity contribution in [3.63, 3.8) is 0 Å². The Balaban J connectivity index is 1.82. The molecule has 8 heteroatoms. The van der Waals surface area contributed by atoms with Crippen LogP contribution in [0.1, 0.15) is 34.5 Å². The Morgan fingerprint density at radius 3 is 2.57 bits per heavy atom. The number of hydrogen-bond donors (Lipinski definition) is 1. The number of nitro groups is 1. The van der Waals surface area contributed by atoms with E-state index in [-0.39, 0.29) is 28.9 Å². The number of nitrogens with one attached hydrogen (secondary N) is 1. The molecule has 1 N–H and O–H groups in total. The zero-order valence-corrected chi connectivity index (χ0v) is 17.3. The summed E-state index contributed by atoms with van der Waals surface area (Å²) in [5.41, 5.74) is 2.13. The summed E-state index contributed by atoms with van der Waals surface area (Å²) in [4.78, 5) is 26.1. The number of carbonyl (C=O) groups excluding carboxylic acids is 1. The topological polar surface area (TPSA) is 93.9 Å². The highest BCUT2D eigenvalue weighted by molar-refractivity contribution is 5.95. The molecule has 2 aromatic carbocycles. The molecule has 0 aliphatic carbocycles. The summed E-state index contributed by atoms with van der Waals surface area (Å²) < 4.78 is 10.7. The number of benzene rings is 2. The molecule has 1 atom stereocenters. The van der Waals surface area contributed by atoms with Crippen LogP contribution in [0.4, 0.5) is 5.69 Å². The molecular formula is C22H27N3O5. The van der Waals surface area contributed by atoms with Crippen LogP contribution in [0.3, 0.4) is 0 Å². The van der Waals surface area contributed by atoms with Crippen LogP contribution in [0.5, 0.6) is 5.75 Å². The van der Waals surface area contributed by atoms with Gasteiger partial charge in [0, 0.05) is 31.3 Å². The van der Waals surface area contributed by atoms with Crippen LogP contribution in [-0.2, 0) is 4.74 Å². The van der Waals surface area contributed by atoms with Gasteiger partial charge < -0.3 is 14.8 Å². The second-order valence-corrected chi connectivity index (χ2v) is 7.22. The van der Waals surface area contributed by atoms with Crippen molar-refractivity contribution < 1.29 is 19.2 Å². The second-order valence-electron chi connectivity index (χ2n) is 7.22. The first-order valence-electron chi connectivity index (χ1n) is 10.1. The maximum atomic E-state index is 13.0. The lowest BCUT2D eigenvalue weighted by Gasteiger charge is -2.31. The zero-order valence-electron chi connectivity index (χ0n) is 17.3. The number of nitrogens with zero attached hydrogens (tertiary/aromatic N) is 2. The Hall–Kier alpha value is -2.97. The molecule has 1 aliphatic rings. The summed E-state index contributed by atoms with van der Waals surface area (Å²) in [5, 5.41) is 14.4. The van der Waals surface area contributed by atoms with E-state index in [0.29, 0.717) is 26.4 Å². The van der Waals surface area contributed by atoms with Crippen LogP contribution in [0.25, 0.3) is 0 Å². The molecule has 0 radical (unpaired) electrons. The first-order chi connectivity index (χ1) is 14.5. The Bertz CT molecular complexity index is 879. The molecule has 0 aromatic heterocycles. The summed E-state index contributed by atoms with van der Waals surface area (Å²) in [5.74, 6) is -0.206. The number of aryl methyl sites for hydroxylation is 1. The van der Waals surface area contributed by atoms with Gasteiger partial charge in [0.15, 0.2) is 5.75 Å². The van der Waals surface area contributed by atoms with Gasteiger partial charge in [-0.15, -0.1) is 0 Å². The third-order valence-corrected chi connectivity index (χ3v) is 5.05. The molecule has 1 saturated heterocycles. The fourth-order valence-electron chi connectivity index (χ4n) is 3.40. The zero-order chi connectivity index (χ0) is 21.5. The van der Waals surface area contributed by atoms with Crippen LogP contribution in [0.15, 0.2) is 42.5 Å². The summed E-state index contributed by atoms with van der Waals surface area (Å²) in [7, 11) is 0. The quantitative estimate of drug-likeness (QED) is 0.528. The van der Waals surface area contributed by atoms with Gasteiger partial charge in [-0.1, -0.05) is 29.8 Å². The maximum absolute atomic E-state index is 13.0. The van der Waals surface area contributed by atoms with Gasteiger partial charge in [-0.05, 0) is 31.5 Å². The highest BCUT2D eigenvalue weighted by atomic mass is 16.6. The van der Waals surface area contributed by atoms with Gasteiger partial charge in [-0.25, -0.2) is 0 Å². The highest BCUT2D eigenvalue weighted by Crippen LogP contribution is 2.28. The third-order valence-electron chi connectivity index (χ3n) is 5.05. The van der Waals surface area contributed by atoms with Crippen molar-refractivity contribution in [3.8, 4) is 5.75 Å². The van der Waals surface area contributed by atoms with Crippen LogP contribution < -0.4 is 10.1 Å². The van der Waals surface area contributed by atoms with E-state index in [1.54, 1.807) is 13.0 Å². The average Bonchev–Trinajstić information content (AvgIpc) is 2.75. The van der Waals surface area contributed by atoms with E-state index in [4.69, 9.17) is 9.47 Å². The predicted molar refractivity (Wildman–Crippen MR) is 113 cm³/mol. The molecule has 1 amide bonds.